The number of rotatable bonds is 5. The normalized spacial score (nSPS) is 33.5. The van der Waals surface area contributed by atoms with Crippen LogP contribution in [0.1, 0.15) is 62.6 Å². The molecule has 158 valence electrons. The Kier molecular flexibility index (Phi) is 5.21. The van der Waals surface area contributed by atoms with Crippen LogP contribution in [0.25, 0.3) is 10.9 Å². The number of hydrogen-bond acceptors (Lipinski definition) is 2. The molecule has 0 spiro atoms. The monoisotopic (exact) mass is 414 g/mol. The third-order valence-electron chi connectivity index (χ3n) is 8.43. The van der Waals surface area contributed by atoms with Crippen LogP contribution in [0.4, 0.5) is 0 Å². The predicted molar refractivity (Wildman–Crippen MR) is 121 cm³/mol. The van der Waals surface area contributed by atoms with Gasteiger partial charge >= 0.3 is 0 Å². The van der Waals surface area contributed by atoms with Gasteiger partial charge in [-0.3, -0.25) is 0 Å². The average molecular weight is 415 g/mol. The van der Waals surface area contributed by atoms with E-state index >= 15 is 0 Å². The molecule has 1 atom stereocenters. The first-order valence-electron chi connectivity index (χ1n) is 11.7. The minimum absolute atomic E-state index is 0. The number of halogens is 1. The highest BCUT2D eigenvalue weighted by atomic mass is 35.5. The van der Waals surface area contributed by atoms with Crippen molar-refractivity contribution < 1.29 is 5.11 Å². The molecule has 4 bridgehead atoms. The van der Waals surface area contributed by atoms with E-state index < -0.39 is 0 Å². The lowest BCUT2D eigenvalue weighted by molar-refractivity contribution is -0.0253. The van der Waals surface area contributed by atoms with Crippen LogP contribution in [0.3, 0.4) is 0 Å². The number of aliphatic hydroxyl groups is 1. The van der Waals surface area contributed by atoms with Gasteiger partial charge in [0.05, 0.1) is 12.6 Å². The summed E-state index contributed by atoms with van der Waals surface area (Å²) in [7, 11) is 0. The summed E-state index contributed by atoms with van der Waals surface area (Å²) in [4.78, 5) is 0. The summed E-state index contributed by atoms with van der Waals surface area (Å²) in [6, 6.07) is 8.82. The molecule has 0 radical (unpaired) electrons. The molecular formula is C25H35ClN2O. The third kappa shape index (κ3) is 3.43. The van der Waals surface area contributed by atoms with Gasteiger partial charge < -0.3 is 15.0 Å². The molecule has 2 aromatic rings. The lowest BCUT2D eigenvalue weighted by atomic mass is 9.53. The van der Waals surface area contributed by atoms with Gasteiger partial charge in [0.25, 0.3) is 0 Å². The van der Waals surface area contributed by atoms with E-state index in [0.29, 0.717) is 5.54 Å². The first kappa shape index (κ1) is 19.9. The van der Waals surface area contributed by atoms with E-state index in [0.717, 1.165) is 30.8 Å². The predicted octanol–water partition coefficient (Wildman–Crippen LogP) is 4.86. The van der Waals surface area contributed by atoms with Gasteiger partial charge in [-0.05, 0) is 93.6 Å². The number of aryl methyl sites for hydroxylation is 1. The first-order valence-corrected chi connectivity index (χ1v) is 11.7. The van der Waals surface area contributed by atoms with Crippen molar-refractivity contribution in [2.45, 2.75) is 82.4 Å². The summed E-state index contributed by atoms with van der Waals surface area (Å²) in [5.41, 5.74) is 4.70. The number of aromatic nitrogens is 1. The van der Waals surface area contributed by atoms with Crippen molar-refractivity contribution in [1.29, 1.82) is 0 Å². The van der Waals surface area contributed by atoms with Crippen molar-refractivity contribution in [3.05, 3.63) is 35.5 Å². The summed E-state index contributed by atoms with van der Waals surface area (Å²) >= 11 is 0. The van der Waals surface area contributed by atoms with E-state index in [9.17, 15) is 5.11 Å². The van der Waals surface area contributed by atoms with Crippen LogP contribution < -0.4 is 5.32 Å². The molecule has 1 aromatic carbocycles. The Labute approximate surface area is 180 Å². The topological polar surface area (TPSA) is 37.2 Å². The molecule has 7 rings (SSSR count). The molecule has 3 nitrogen and oxygen atoms in total. The molecule has 29 heavy (non-hydrogen) atoms. The van der Waals surface area contributed by atoms with Crippen molar-refractivity contribution in [1.82, 2.24) is 9.88 Å². The molecule has 4 fully saturated rings. The van der Waals surface area contributed by atoms with Crippen molar-refractivity contribution in [2.75, 3.05) is 6.54 Å². The molecule has 5 aliphatic rings. The Morgan fingerprint density at radius 3 is 2.38 bits per heavy atom. The van der Waals surface area contributed by atoms with E-state index in [-0.39, 0.29) is 18.5 Å². The summed E-state index contributed by atoms with van der Waals surface area (Å²) < 4.78 is 2.44. The Hall–Kier alpha value is -1.03. The molecule has 1 heterocycles. The van der Waals surface area contributed by atoms with Crippen LogP contribution in [0.15, 0.2) is 24.3 Å². The highest BCUT2D eigenvalue weighted by Crippen LogP contribution is 2.55. The summed E-state index contributed by atoms with van der Waals surface area (Å²) in [6.07, 6.45) is 13.1. The second-order valence-electron chi connectivity index (χ2n) is 10.5. The smallest absolute Gasteiger partial charge is 0.0843 e. The number of nitrogens with zero attached hydrogens (tertiary/aromatic N) is 1. The highest BCUT2D eigenvalue weighted by Gasteiger charge is 2.50. The second kappa shape index (κ2) is 7.59. The van der Waals surface area contributed by atoms with Crippen molar-refractivity contribution in [3.8, 4) is 0 Å². The molecule has 0 aliphatic heterocycles. The Balaban J connectivity index is 0.00000181. The maximum absolute atomic E-state index is 11.0. The quantitative estimate of drug-likeness (QED) is 0.732. The van der Waals surface area contributed by atoms with Gasteiger partial charge in [0, 0.05) is 28.7 Å². The number of nitrogens with one attached hydrogen (secondary N) is 1. The average Bonchev–Trinajstić information content (AvgIpc) is 3.00. The van der Waals surface area contributed by atoms with Crippen molar-refractivity contribution in [2.24, 2.45) is 17.8 Å². The van der Waals surface area contributed by atoms with Gasteiger partial charge in [0.1, 0.15) is 0 Å². The third-order valence-corrected chi connectivity index (χ3v) is 8.43. The molecule has 4 saturated carbocycles. The van der Waals surface area contributed by atoms with Gasteiger partial charge in [0.2, 0.25) is 0 Å². The van der Waals surface area contributed by atoms with Gasteiger partial charge in [0.15, 0.2) is 0 Å². The zero-order chi connectivity index (χ0) is 18.7. The van der Waals surface area contributed by atoms with Gasteiger partial charge in [-0.1, -0.05) is 18.2 Å². The zero-order valence-corrected chi connectivity index (χ0v) is 18.2. The number of para-hydroxylation sites is 1. The maximum Gasteiger partial charge on any atom is 0.0843 e. The van der Waals surface area contributed by atoms with Gasteiger partial charge in [-0.15, -0.1) is 12.4 Å². The SMILES string of the molecule is Cl.OC(CNC12CC3CC(CC(C3)C1)C2)Cn1c2c(c3ccccc31)CCCC2. The number of benzene rings is 1. The number of β-amino-alcohol motifs (C(OH)–C–C–N with tert-alkyl or cyclic N) is 1. The van der Waals surface area contributed by atoms with Gasteiger partial charge in [-0.25, -0.2) is 0 Å². The Morgan fingerprint density at radius 1 is 1.00 bits per heavy atom. The number of aliphatic hydroxyl groups excluding tert-OH is 1. The van der Waals surface area contributed by atoms with Crippen LogP contribution in [-0.4, -0.2) is 27.9 Å². The molecule has 5 aliphatic carbocycles. The maximum atomic E-state index is 11.0. The fraction of sp³-hybridized carbons (Fsp3) is 0.680. The van der Waals surface area contributed by atoms with Crippen LogP contribution in [0.5, 0.6) is 0 Å². The van der Waals surface area contributed by atoms with E-state index in [1.54, 1.807) is 5.56 Å². The molecule has 0 saturated heterocycles. The zero-order valence-electron chi connectivity index (χ0n) is 17.4. The Bertz CT molecular complexity index is 853. The first-order chi connectivity index (χ1) is 13.7. The van der Waals surface area contributed by atoms with Crippen LogP contribution in [0, 0.1) is 17.8 Å². The molecular weight excluding hydrogens is 380 g/mol. The molecule has 1 aromatic heterocycles. The van der Waals surface area contributed by atoms with E-state index in [1.165, 1.54) is 80.8 Å². The molecule has 4 heteroatoms. The summed E-state index contributed by atoms with van der Waals surface area (Å²) in [5, 5.41) is 16.3. The van der Waals surface area contributed by atoms with E-state index in [2.05, 4.69) is 34.1 Å². The number of hydrogen-bond donors (Lipinski definition) is 2. The van der Waals surface area contributed by atoms with E-state index in [4.69, 9.17) is 0 Å². The van der Waals surface area contributed by atoms with Crippen LogP contribution in [-0.2, 0) is 19.4 Å². The highest BCUT2D eigenvalue weighted by molar-refractivity contribution is 5.86. The minimum atomic E-state index is -0.310. The van der Waals surface area contributed by atoms with Gasteiger partial charge in [-0.2, -0.15) is 0 Å². The molecule has 2 N–H and O–H groups in total. The van der Waals surface area contributed by atoms with Crippen molar-refractivity contribution in [3.63, 3.8) is 0 Å². The fourth-order valence-corrected chi connectivity index (χ4v) is 7.73. The molecule has 0 amide bonds. The summed E-state index contributed by atoms with van der Waals surface area (Å²) in [6.45, 7) is 1.47. The largest absolute Gasteiger partial charge is 0.390 e. The fourth-order valence-electron chi connectivity index (χ4n) is 7.73. The summed E-state index contributed by atoms with van der Waals surface area (Å²) in [5.74, 6) is 2.86. The minimum Gasteiger partial charge on any atom is -0.390 e. The standard InChI is InChI=1S/C25H34N2O.ClH/c28-20(15-26-25-12-17-9-18(13-25)11-19(10-17)14-25)16-27-23-7-3-1-5-21(23)22-6-2-4-8-24(22)27;/h1,3,5,7,17-20,26,28H,2,4,6,8-16H2;1H. The Morgan fingerprint density at radius 2 is 1.66 bits per heavy atom. The second-order valence-corrected chi connectivity index (χ2v) is 10.5. The number of fused-ring (bicyclic) bond motifs is 3. The van der Waals surface area contributed by atoms with Crippen LogP contribution in [0.2, 0.25) is 0 Å². The lowest BCUT2D eigenvalue weighted by Gasteiger charge is -2.57. The van der Waals surface area contributed by atoms with Crippen LogP contribution >= 0.6 is 12.4 Å². The lowest BCUT2D eigenvalue weighted by Crippen LogP contribution is -2.59. The van der Waals surface area contributed by atoms with E-state index in [1.807, 2.05) is 0 Å². The molecule has 1 unspecified atom stereocenters. The van der Waals surface area contributed by atoms with Crippen molar-refractivity contribution >= 4 is 23.3 Å².